The Morgan fingerprint density at radius 2 is 1.87 bits per heavy atom. The van der Waals surface area contributed by atoms with E-state index in [1.54, 1.807) is 0 Å². The molecule has 0 bridgehead atoms. The highest BCUT2D eigenvalue weighted by atomic mass is 15.1. The molecule has 0 aliphatic heterocycles. The lowest BCUT2D eigenvalue weighted by Gasteiger charge is -2.04. The molecule has 0 aliphatic carbocycles. The maximum absolute atomic E-state index is 8.10. The van der Waals surface area contributed by atoms with Gasteiger partial charge in [-0.1, -0.05) is 34.7 Å². The average molecular weight is 199 g/mol. The molecule has 0 radical (unpaired) electrons. The highest BCUT2D eigenvalue weighted by molar-refractivity contribution is 5.48. The Hall–Kier alpha value is -1.91. The fourth-order valence-corrected chi connectivity index (χ4v) is 1.57. The van der Waals surface area contributed by atoms with Gasteiger partial charge in [0.25, 0.3) is 0 Å². The third kappa shape index (κ3) is 3.05. The lowest BCUT2D eigenvalue weighted by molar-refractivity contribution is 1.25. The van der Waals surface area contributed by atoms with Crippen molar-refractivity contribution in [1.82, 2.24) is 0 Å². The van der Waals surface area contributed by atoms with Crippen LogP contribution in [0.1, 0.15) is 22.3 Å². The molecule has 1 aromatic rings. The lowest BCUT2D eigenvalue weighted by Crippen LogP contribution is -1.89. The van der Waals surface area contributed by atoms with E-state index in [4.69, 9.17) is 5.53 Å². The van der Waals surface area contributed by atoms with E-state index < -0.39 is 0 Å². The molecule has 0 aliphatic rings. The average Bonchev–Trinajstić information content (AvgIpc) is 2.15. The molecular formula is C12H13N3. The molecule has 0 spiro atoms. The van der Waals surface area contributed by atoms with Gasteiger partial charge in [0.1, 0.15) is 0 Å². The van der Waals surface area contributed by atoms with Gasteiger partial charge < -0.3 is 0 Å². The monoisotopic (exact) mass is 199 g/mol. The summed E-state index contributed by atoms with van der Waals surface area (Å²) in [5.41, 5.74) is 12.7. The van der Waals surface area contributed by atoms with Crippen molar-refractivity contribution in [1.29, 1.82) is 0 Å². The first kappa shape index (κ1) is 11.2. The zero-order valence-corrected chi connectivity index (χ0v) is 9.20. The number of nitrogens with zero attached hydrogens (tertiary/aromatic N) is 3. The van der Waals surface area contributed by atoms with Gasteiger partial charge >= 0.3 is 0 Å². The molecule has 3 nitrogen and oxygen atoms in total. The molecule has 0 aromatic heterocycles. The van der Waals surface area contributed by atoms with E-state index in [2.05, 4.69) is 40.9 Å². The molecule has 0 unspecified atom stereocenters. The van der Waals surface area contributed by atoms with Crippen molar-refractivity contribution in [2.45, 2.75) is 20.8 Å². The third-order valence-electron chi connectivity index (χ3n) is 2.10. The summed E-state index contributed by atoms with van der Waals surface area (Å²) < 4.78 is 0. The van der Waals surface area contributed by atoms with Crippen LogP contribution in [0, 0.1) is 32.6 Å². The number of benzene rings is 1. The van der Waals surface area contributed by atoms with Gasteiger partial charge in [0.15, 0.2) is 0 Å². The highest BCUT2D eigenvalue weighted by Crippen LogP contribution is 2.14. The van der Waals surface area contributed by atoms with E-state index in [1.807, 2.05) is 13.8 Å². The van der Waals surface area contributed by atoms with Gasteiger partial charge in [-0.05, 0) is 37.4 Å². The van der Waals surface area contributed by atoms with E-state index >= 15 is 0 Å². The van der Waals surface area contributed by atoms with E-state index in [0.717, 1.165) is 5.56 Å². The predicted octanol–water partition coefficient (Wildman–Crippen LogP) is 3.27. The van der Waals surface area contributed by atoms with Crippen molar-refractivity contribution in [2.24, 2.45) is 5.11 Å². The Morgan fingerprint density at radius 1 is 1.27 bits per heavy atom. The first-order valence-electron chi connectivity index (χ1n) is 4.72. The zero-order valence-electron chi connectivity index (χ0n) is 9.20. The van der Waals surface area contributed by atoms with Gasteiger partial charge in [0.2, 0.25) is 0 Å². The Bertz CT molecular complexity index is 448. The van der Waals surface area contributed by atoms with Gasteiger partial charge in [0, 0.05) is 10.5 Å². The molecule has 0 atom stereocenters. The van der Waals surface area contributed by atoms with Crippen LogP contribution in [0.15, 0.2) is 17.2 Å². The molecule has 1 rings (SSSR count). The molecule has 0 heterocycles. The van der Waals surface area contributed by atoms with Crippen LogP contribution < -0.4 is 0 Å². The summed E-state index contributed by atoms with van der Waals surface area (Å²) in [6.45, 7) is 6.37. The summed E-state index contributed by atoms with van der Waals surface area (Å²) in [6, 6.07) is 4.20. The second kappa shape index (κ2) is 5.09. The van der Waals surface area contributed by atoms with Crippen LogP contribution in [0.5, 0.6) is 0 Å². The third-order valence-corrected chi connectivity index (χ3v) is 2.10. The van der Waals surface area contributed by atoms with Crippen LogP contribution in [0.2, 0.25) is 0 Å². The zero-order chi connectivity index (χ0) is 11.3. The quantitative estimate of drug-likeness (QED) is 0.288. The molecule has 3 heteroatoms. The van der Waals surface area contributed by atoms with Crippen LogP contribution in [0.25, 0.3) is 10.4 Å². The summed E-state index contributed by atoms with van der Waals surface area (Å²) >= 11 is 0. The summed E-state index contributed by atoms with van der Waals surface area (Å²) in [5.74, 6) is 5.86. The fourth-order valence-electron chi connectivity index (χ4n) is 1.57. The largest absolute Gasteiger partial charge is 0.0919 e. The van der Waals surface area contributed by atoms with Gasteiger partial charge in [-0.2, -0.15) is 0 Å². The van der Waals surface area contributed by atoms with Crippen molar-refractivity contribution < 1.29 is 0 Å². The maximum Gasteiger partial charge on any atom is 0.0880 e. The van der Waals surface area contributed by atoms with Crippen LogP contribution in [0.3, 0.4) is 0 Å². The first-order valence-corrected chi connectivity index (χ1v) is 4.72. The Kier molecular flexibility index (Phi) is 3.79. The Morgan fingerprint density at radius 3 is 2.40 bits per heavy atom. The molecular weight excluding hydrogens is 186 g/mol. The topological polar surface area (TPSA) is 48.8 Å². The molecule has 76 valence electrons. The minimum absolute atomic E-state index is 0.225. The van der Waals surface area contributed by atoms with Crippen molar-refractivity contribution in [2.75, 3.05) is 6.54 Å². The van der Waals surface area contributed by atoms with Crippen LogP contribution in [-0.4, -0.2) is 6.54 Å². The summed E-state index contributed by atoms with van der Waals surface area (Å²) in [5, 5.41) is 3.37. The van der Waals surface area contributed by atoms with Crippen molar-refractivity contribution in [3.8, 4) is 11.8 Å². The van der Waals surface area contributed by atoms with Gasteiger partial charge in [-0.15, -0.1) is 0 Å². The minimum Gasteiger partial charge on any atom is -0.0919 e. The van der Waals surface area contributed by atoms with Gasteiger partial charge in [0.05, 0.1) is 6.54 Å². The van der Waals surface area contributed by atoms with Gasteiger partial charge in [-0.3, -0.25) is 0 Å². The molecule has 0 N–H and O–H groups in total. The van der Waals surface area contributed by atoms with Gasteiger partial charge in [-0.25, -0.2) is 0 Å². The second-order valence-corrected chi connectivity index (χ2v) is 3.46. The lowest BCUT2D eigenvalue weighted by atomic mass is 10.0. The smallest absolute Gasteiger partial charge is 0.0880 e. The molecule has 0 fully saturated rings. The Balaban J connectivity index is 3.02. The highest BCUT2D eigenvalue weighted by Gasteiger charge is 1.99. The SMILES string of the molecule is Cc1cc(C)c(C#CCN=[N+]=[N-])c(C)c1. The molecule has 15 heavy (non-hydrogen) atoms. The molecule has 0 amide bonds. The minimum atomic E-state index is 0.225. The number of rotatable bonds is 1. The van der Waals surface area contributed by atoms with Crippen LogP contribution in [-0.2, 0) is 0 Å². The maximum atomic E-state index is 8.10. The van der Waals surface area contributed by atoms with E-state index in [9.17, 15) is 0 Å². The van der Waals surface area contributed by atoms with E-state index in [0.29, 0.717) is 0 Å². The second-order valence-electron chi connectivity index (χ2n) is 3.46. The number of azide groups is 1. The van der Waals surface area contributed by atoms with E-state index in [-0.39, 0.29) is 6.54 Å². The molecule has 0 saturated carbocycles. The Labute approximate surface area is 89.8 Å². The van der Waals surface area contributed by atoms with E-state index in [1.165, 1.54) is 16.7 Å². The summed E-state index contributed by atoms with van der Waals surface area (Å²) in [4.78, 5) is 2.65. The number of hydrogen-bond acceptors (Lipinski definition) is 1. The van der Waals surface area contributed by atoms with Crippen molar-refractivity contribution >= 4 is 0 Å². The molecule has 1 aromatic carbocycles. The molecule has 0 saturated heterocycles. The summed E-state index contributed by atoms with van der Waals surface area (Å²) in [7, 11) is 0. The van der Waals surface area contributed by atoms with Crippen LogP contribution in [0.4, 0.5) is 0 Å². The number of aryl methyl sites for hydroxylation is 3. The standard InChI is InChI=1S/C12H13N3/c1-9-7-10(2)12(11(3)8-9)5-4-6-14-15-13/h7-8H,6H2,1-3H3. The predicted molar refractivity (Wildman–Crippen MR) is 61.5 cm³/mol. The first-order chi connectivity index (χ1) is 7.15. The van der Waals surface area contributed by atoms with Crippen molar-refractivity contribution in [3.05, 3.63) is 44.8 Å². The van der Waals surface area contributed by atoms with Crippen LogP contribution >= 0.6 is 0 Å². The fraction of sp³-hybridized carbons (Fsp3) is 0.333. The normalized spacial score (nSPS) is 8.73. The summed E-state index contributed by atoms with van der Waals surface area (Å²) in [6.07, 6.45) is 0. The van der Waals surface area contributed by atoms with Crippen molar-refractivity contribution in [3.63, 3.8) is 0 Å². The number of hydrogen-bond donors (Lipinski definition) is 0.